The van der Waals surface area contributed by atoms with Crippen LogP contribution < -0.4 is 5.32 Å². The lowest BCUT2D eigenvalue weighted by Gasteiger charge is -2.09. The maximum atomic E-state index is 11.5. The van der Waals surface area contributed by atoms with E-state index in [0.29, 0.717) is 24.0 Å². The Morgan fingerprint density at radius 2 is 1.71 bits per heavy atom. The lowest BCUT2D eigenvalue weighted by molar-refractivity contribution is 0.562. The Balaban J connectivity index is 3.67. The van der Waals surface area contributed by atoms with E-state index < -0.39 is 9.84 Å². The molecule has 0 aromatic rings. The number of rotatable bonds is 7. The Hall–Kier alpha value is -0.0900. The van der Waals surface area contributed by atoms with Gasteiger partial charge in [-0.15, -0.1) is 0 Å². The van der Waals surface area contributed by atoms with E-state index in [0.717, 1.165) is 6.54 Å². The second-order valence-electron chi connectivity index (χ2n) is 4.47. The van der Waals surface area contributed by atoms with E-state index in [4.69, 9.17) is 0 Å². The van der Waals surface area contributed by atoms with Crippen molar-refractivity contribution in [1.29, 1.82) is 0 Å². The topological polar surface area (TPSA) is 46.2 Å². The van der Waals surface area contributed by atoms with Gasteiger partial charge in [0.2, 0.25) is 0 Å². The summed E-state index contributed by atoms with van der Waals surface area (Å²) in [4.78, 5) is 0. The molecule has 14 heavy (non-hydrogen) atoms. The molecule has 0 aliphatic rings. The molecule has 0 spiro atoms. The summed E-state index contributed by atoms with van der Waals surface area (Å²) in [6, 6.07) is 0.433. The van der Waals surface area contributed by atoms with Crippen LogP contribution in [-0.2, 0) is 9.84 Å². The van der Waals surface area contributed by atoms with E-state index in [-0.39, 0.29) is 5.92 Å². The van der Waals surface area contributed by atoms with Crippen molar-refractivity contribution in [2.45, 2.75) is 40.2 Å². The minimum absolute atomic E-state index is 0.234. The summed E-state index contributed by atoms with van der Waals surface area (Å²) >= 11 is 0. The number of hydrogen-bond donors (Lipinski definition) is 1. The molecule has 0 bridgehead atoms. The van der Waals surface area contributed by atoms with Crippen molar-refractivity contribution in [3.8, 4) is 0 Å². The predicted octanol–water partition coefficient (Wildman–Crippen LogP) is 1.45. The highest BCUT2D eigenvalue weighted by molar-refractivity contribution is 7.91. The highest BCUT2D eigenvalue weighted by Crippen LogP contribution is 2.01. The molecule has 0 radical (unpaired) electrons. The van der Waals surface area contributed by atoms with E-state index >= 15 is 0 Å². The van der Waals surface area contributed by atoms with Gasteiger partial charge in [-0.2, -0.15) is 0 Å². The van der Waals surface area contributed by atoms with Crippen LogP contribution in [0.25, 0.3) is 0 Å². The van der Waals surface area contributed by atoms with Crippen molar-refractivity contribution in [2.75, 3.05) is 18.1 Å². The van der Waals surface area contributed by atoms with Crippen LogP contribution >= 0.6 is 0 Å². The van der Waals surface area contributed by atoms with Crippen molar-refractivity contribution in [3.63, 3.8) is 0 Å². The van der Waals surface area contributed by atoms with Crippen LogP contribution in [0.5, 0.6) is 0 Å². The summed E-state index contributed by atoms with van der Waals surface area (Å²) in [7, 11) is -2.82. The minimum atomic E-state index is -2.82. The molecule has 0 heterocycles. The first-order valence-corrected chi connectivity index (χ1v) is 7.09. The first-order chi connectivity index (χ1) is 6.33. The van der Waals surface area contributed by atoms with Crippen molar-refractivity contribution in [3.05, 3.63) is 0 Å². The van der Waals surface area contributed by atoms with Gasteiger partial charge in [0.1, 0.15) is 0 Å². The third kappa shape index (κ3) is 8.51. The van der Waals surface area contributed by atoms with Gasteiger partial charge >= 0.3 is 0 Å². The number of nitrogens with one attached hydrogen (secondary N) is 1. The largest absolute Gasteiger partial charge is 0.314 e. The first kappa shape index (κ1) is 13.9. The van der Waals surface area contributed by atoms with Gasteiger partial charge < -0.3 is 5.32 Å². The van der Waals surface area contributed by atoms with Gasteiger partial charge in [-0.05, 0) is 18.9 Å². The molecule has 0 saturated heterocycles. The monoisotopic (exact) mass is 221 g/mol. The second kappa shape index (κ2) is 6.40. The van der Waals surface area contributed by atoms with E-state index in [1.807, 2.05) is 13.8 Å². The Morgan fingerprint density at radius 1 is 1.14 bits per heavy atom. The smallest absolute Gasteiger partial charge is 0.150 e. The van der Waals surface area contributed by atoms with Crippen LogP contribution in [-0.4, -0.2) is 32.5 Å². The molecule has 0 unspecified atom stereocenters. The summed E-state index contributed by atoms with van der Waals surface area (Å²) in [5, 5.41) is 3.21. The van der Waals surface area contributed by atoms with E-state index in [1.165, 1.54) is 0 Å². The lowest BCUT2D eigenvalue weighted by atomic mass is 10.3. The first-order valence-electron chi connectivity index (χ1n) is 5.27. The SMILES string of the molecule is CC(C)CS(=O)(=O)CCCNC(C)C. The lowest BCUT2D eigenvalue weighted by Crippen LogP contribution is -2.26. The summed E-state index contributed by atoms with van der Waals surface area (Å²) in [6.07, 6.45) is 0.716. The van der Waals surface area contributed by atoms with E-state index in [1.54, 1.807) is 0 Å². The van der Waals surface area contributed by atoms with Crippen LogP contribution in [0.15, 0.2) is 0 Å². The summed E-state index contributed by atoms with van der Waals surface area (Å²) < 4.78 is 22.9. The van der Waals surface area contributed by atoms with Gasteiger partial charge in [-0.3, -0.25) is 0 Å². The highest BCUT2D eigenvalue weighted by Gasteiger charge is 2.12. The van der Waals surface area contributed by atoms with Crippen LogP contribution in [0.2, 0.25) is 0 Å². The molecule has 0 atom stereocenters. The average molecular weight is 221 g/mol. The quantitative estimate of drug-likeness (QED) is 0.662. The molecule has 0 rings (SSSR count). The molecule has 3 nitrogen and oxygen atoms in total. The number of sulfone groups is 1. The van der Waals surface area contributed by atoms with Gasteiger partial charge in [-0.1, -0.05) is 27.7 Å². The molecule has 0 aliphatic carbocycles. The molecule has 1 N–H and O–H groups in total. The third-order valence-corrected chi connectivity index (χ3v) is 3.86. The van der Waals surface area contributed by atoms with Gasteiger partial charge in [0.15, 0.2) is 9.84 Å². The van der Waals surface area contributed by atoms with Gasteiger partial charge in [0.25, 0.3) is 0 Å². The normalized spacial score (nSPS) is 12.7. The second-order valence-corrected chi connectivity index (χ2v) is 6.70. The van der Waals surface area contributed by atoms with Crippen LogP contribution in [0.4, 0.5) is 0 Å². The Morgan fingerprint density at radius 3 is 2.14 bits per heavy atom. The summed E-state index contributed by atoms with van der Waals surface area (Å²) in [5.74, 6) is 0.859. The predicted molar refractivity (Wildman–Crippen MR) is 61.2 cm³/mol. The van der Waals surface area contributed by atoms with Crippen molar-refractivity contribution in [1.82, 2.24) is 5.32 Å². The Labute approximate surface area is 88.2 Å². The molecular weight excluding hydrogens is 198 g/mol. The van der Waals surface area contributed by atoms with Crippen LogP contribution in [0, 0.1) is 5.92 Å². The fraction of sp³-hybridized carbons (Fsp3) is 1.00. The molecule has 0 amide bonds. The molecule has 0 fully saturated rings. The Bertz CT molecular complexity index is 233. The van der Waals surface area contributed by atoms with Gasteiger partial charge in [0.05, 0.1) is 11.5 Å². The van der Waals surface area contributed by atoms with Crippen LogP contribution in [0.3, 0.4) is 0 Å². The average Bonchev–Trinajstić information content (AvgIpc) is 1.95. The fourth-order valence-corrected chi connectivity index (χ4v) is 3.04. The Kier molecular flexibility index (Phi) is 6.36. The molecule has 0 aliphatic heterocycles. The molecular formula is C10H23NO2S. The maximum Gasteiger partial charge on any atom is 0.150 e. The van der Waals surface area contributed by atoms with Crippen molar-refractivity contribution < 1.29 is 8.42 Å². The van der Waals surface area contributed by atoms with E-state index in [9.17, 15) is 8.42 Å². The van der Waals surface area contributed by atoms with Crippen molar-refractivity contribution >= 4 is 9.84 Å². The maximum absolute atomic E-state index is 11.5. The van der Waals surface area contributed by atoms with Gasteiger partial charge in [-0.25, -0.2) is 8.42 Å². The molecule has 0 saturated carbocycles. The summed E-state index contributed by atoms with van der Waals surface area (Å²) in [6.45, 7) is 8.77. The number of hydrogen-bond acceptors (Lipinski definition) is 3. The molecule has 0 aromatic carbocycles. The highest BCUT2D eigenvalue weighted by atomic mass is 32.2. The molecule has 0 aromatic heterocycles. The molecule has 86 valence electrons. The van der Waals surface area contributed by atoms with Crippen molar-refractivity contribution in [2.24, 2.45) is 5.92 Å². The third-order valence-electron chi connectivity index (χ3n) is 1.77. The zero-order valence-corrected chi connectivity index (χ0v) is 10.5. The van der Waals surface area contributed by atoms with Crippen LogP contribution in [0.1, 0.15) is 34.1 Å². The summed E-state index contributed by atoms with van der Waals surface area (Å²) in [5.41, 5.74) is 0. The fourth-order valence-electron chi connectivity index (χ4n) is 1.27. The zero-order chi connectivity index (χ0) is 11.2. The molecule has 4 heteroatoms. The van der Waals surface area contributed by atoms with E-state index in [2.05, 4.69) is 19.2 Å². The van der Waals surface area contributed by atoms with Gasteiger partial charge in [0, 0.05) is 6.04 Å². The minimum Gasteiger partial charge on any atom is -0.314 e. The standard InChI is InChI=1S/C10H23NO2S/c1-9(2)8-14(12,13)7-5-6-11-10(3)4/h9-11H,5-8H2,1-4H3. The zero-order valence-electron chi connectivity index (χ0n) is 9.71.